The number of aliphatic hydroxyl groups is 2. The smallest absolute Gasteiger partial charge is 1.00 e. The summed E-state index contributed by atoms with van der Waals surface area (Å²) < 4.78 is 38.6. The summed E-state index contributed by atoms with van der Waals surface area (Å²) >= 11 is 0. The number of carbonyl (C=O) groups is 1. The van der Waals surface area contributed by atoms with Crippen molar-refractivity contribution < 1.29 is 63.9 Å². The van der Waals surface area contributed by atoms with Gasteiger partial charge in [0.15, 0.2) is 6.10 Å². The first-order valence-electron chi connectivity index (χ1n) is 10.2. The Kier molecular flexibility index (Phi) is 11.3. The molecule has 0 aliphatic heterocycles. The number of sulfonamides is 1. The van der Waals surface area contributed by atoms with Gasteiger partial charge in [0.2, 0.25) is 16.0 Å². The second-order valence-electron chi connectivity index (χ2n) is 7.89. The van der Waals surface area contributed by atoms with Crippen LogP contribution in [0.4, 0.5) is 10.3 Å². The SMILES string of the molecule is CC(C)c1nc(N(C)S(C)(=O)=O)nc(-c2ccc(F)cc2)c1C=CCC[C@@H](O)C(O)C(=O)O.[H-].[Na+]. The quantitative estimate of drug-likeness (QED) is 0.368. The molecule has 0 aliphatic carbocycles. The van der Waals surface area contributed by atoms with Crippen LogP contribution in [0.25, 0.3) is 17.3 Å². The molecule has 3 N–H and O–H groups in total. The van der Waals surface area contributed by atoms with Gasteiger partial charge in [0.25, 0.3) is 0 Å². The zero-order valence-electron chi connectivity index (χ0n) is 20.8. The van der Waals surface area contributed by atoms with Gasteiger partial charge < -0.3 is 16.7 Å². The normalized spacial score (nSPS) is 13.5. The van der Waals surface area contributed by atoms with Crippen LogP contribution in [0.15, 0.2) is 30.3 Å². The summed E-state index contributed by atoms with van der Waals surface area (Å²) in [5.74, 6) is -2.10. The van der Waals surface area contributed by atoms with Gasteiger partial charge >= 0.3 is 35.5 Å². The van der Waals surface area contributed by atoms with E-state index in [1.165, 1.54) is 31.3 Å². The van der Waals surface area contributed by atoms with Crippen LogP contribution in [0.1, 0.15) is 45.3 Å². The summed E-state index contributed by atoms with van der Waals surface area (Å²) in [4.78, 5) is 19.7. The molecule has 0 spiro atoms. The van der Waals surface area contributed by atoms with E-state index in [2.05, 4.69) is 9.97 Å². The number of hydrogen-bond donors (Lipinski definition) is 3. The minimum absolute atomic E-state index is 0. The summed E-state index contributed by atoms with van der Waals surface area (Å²) in [6.45, 7) is 3.76. The molecule has 2 atom stereocenters. The summed E-state index contributed by atoms with van der Waals surface area (Å²) in [6, 6.07) is 5.58. The van der Waals surface area contributed by atoms with Crippen molar-refractivity contribution in [1.82, 2.24) is 9.97 Å². The Morgan fingerprint density at radius 1 is 1.21 bits per heavy atom. The third-order valence-corrected chi connectivity index (χ3v) is 6.10. The zero-order chi connectivity index (χ0) is 24.9. The van der Waals surface area contributed by atoms with Gasteiger partial charge in [-0.05, 0) is 43.0 Å². The Bertz CT molecular complexity index is 1130. The number of aromatic nitrogens is 2. The Balaban J connectivity index is 0.00000578. The monoisotopic (exact) mass is 505 g/mol. The van der Waals surface area contributed by atoms with Crippen LogP contribution in [-0.2, 0) is 14.8 Å². The Morgan fingerprint density at radius 3 is 2.29 bits per heavy atom. The number of hydrogen-bond acceptors (Lipinski definition) is 7. The second-order valence-corrected chi connectivity index (χ2v) is 9.91. The van der Waals surface area contributed by atoms with Crippen LogP contribution < -0.4 is 33.9 Å². The predicted octanol–water partition coefficient (Wildman–Crippen LogP) is -0.482. The van der Waals surface area contributed by atoms with Crippen LogP contribution in [0.3, 0.4) is 0 Å². The first-order chi connectivity index (χ1) is 15.3. The molecular formula is C22H29FN3NaO6S. The molecule has 2 aromatic rings. The van der Waals surface area contributed by atoms with Crippen LogP contribution in [-0.4, -0.2) is 65.2 Å². The van der Waals surface area contributed by atoms with Crippen LogP contribution in [0.2, 0.25) is 0 Å². The van der Waals surface area contributed by atoms with E-state index in [-0.39, 0.29) is 55.7 Å². The summed E-state index contributed by atoms with van der Waals surface area (Å²) in [5.41, 5.74) is 2.07. The molecule has 1 aromatic carbocycles. The molecule has 1 unspecified atom stereocenters. The van der Waals surface area contributed by atoms with Gasteiger partial charge in [0.05, 0.1) is 23.7 Å². The largest absolute Gasteiger partial charge is 1.00 e. The third kappa shape index (κ3) is 7.82. The molecule has 9 nitrogen and oxygen atoms in total. The minimum atomic E-state index is -3.63. The van der Waals surface area contributed by atoms with Gasteiger partial charge in [-0.15, -0.1) is 0 Å². The second kappa shape index (κ2) is 12.7. The van der Waals surface area contributed by atoms with Crippen LogP contribution in [0, 0.1) is 5.82 Å². The molecule has 0 radical (unpaired) electrons. The van der Waals surface area contributed by atoms with E-state index < -0.39 is 34.0 Å². The number of carboxylic acids is 1. The molecule has 2 rings (SSSR count). The van der Waals surface area contributed by atoms with E-state index in [0.29, 0.717) is 22.5 Å². The molecule has 1 aromatic heterocycles. The number of anilines is 1. The summed E-state index contributed by atoms with van der Waals surface area (Å²) in [6.07, 6.45) is 1.34. The van der Waals surface area contributed by atoms with Crippen molar-refractivity contribution in [3.8, 4) is 11.3 Å². The molecule has 182 valence electrons. The fourth-order valence-electron chi connectivity index (χ4n) is 2.99. The maximum atomic E-state index is 13.5. The summed E-state index contributed by atoms with van der Waals surface area (Å²) in [5, 5.41) is 28.0. The molecule has 12 heteroatoms. The van der Waals surface area contributed by atoms with Crippen molar-refractivity contribution in [2.24, 2.45) is 0 Å². The van der Waals surface area contributed by atoms with Crippen molar-refractivity contribution in [1.29, 1.82) is 0 Å². The fraction of sp³-hybridized carbons (Fsp3) is 0.409. The molecule has 0 bridgehead atoms. The van der Waals surface area contributed by atoms with Gasteiger partial charge in [-0.3, -0.25) is 0 Å². The number of rotatable bonds is 10. The molecule has 0 saturated carbocycles. The number of carboxylic acid groups (broad SMARTS) is 1. The van der Waals surface area contributed by atoms with Gasteiger partial charge in [0, 0.05) is 18.2 Å². The van der Waals surface area contributed by atoms with E-state index in [4.69, 9.17) is 5.11 Å². The van der Waals surface area contributed by atoms with Crippen molar-refractivity contribution in [3.63, 3.8) is 0 Å². The number of aliphatic hydroxyl groups excluding tert-OH is 2. The topological polar surface area (TPSA) is 141 Å². The van der Waals surface area contributed by atoms with Crippen molar-refractivity contribution >= 4 is 28.0 Å². The third-order valence-electron chi connectivity index (χ3n) is 4.94. The molecule has 0 aliphatic rings. The number of allylic oxidation sites excluding steroid dienone is 1. The Hall–Kier alpha value is -1.89. The predicted molar refractivity (Wildman–Crippen MR) is 124 cm³/mol. The standard InChI is InChI=1S/C22H28FN3O6S.Na.H/c1-13(2)18-16(7-5-6-8-17(27)20(28)21(29)30)19(14-9-11-15(23)12-10-14)25-22(24-18)26(3)33(4,31)32;;/h5,7,9-13,17,20,27-28H,6,8H2,1-4H3,(H,29,30);;/q;+1;-1/t17-,20?;;/m1../s1. The first-order valence-corrected chi connectivity index (χ1v) is 12.0. The Morgan fingerprint density at radius 2 is 1.79 bits per heavy atom. The van der Waals surface area contributed by atoms with E-state index in [0.717, 1.165) is 10.6 Å². The fourth-order valence-corrected chi connectivity index (χ4v) is 3.36. The summed E-state index contributed by atoms with van der Waals surface area (Å²) in [7, 11) is -2.29. The van der Waals surface area contributed by atoms with E-state index in [9.17, 15) is 27.8 Å². The zero-order valence-corrected chi connectivity index (χ0v) is 22.6. The van der Waals surface area contributed by atoms with Gasteiger partial charge in [-0.25, -0.2) is 31.9 Å². The van der Waals surface area contributed by atoms with E-state index >= 15 is 0 Å². The molecular weight excluding hydrogens is 476 g/mol. The van der Waals surface area contributed by atoms with Gasteiger partial charge in [-0.1, -0.05) is 26.0 Å². The van der Waals surface area contributed by atoms with Crippen molar-refractivity contribution in [3.05, 3.63) is 47.4 Å². The van der Waals surface area contributed by atoms with E-state index in [1.807, 2.05) is 13.8 Å². The number of nitrogens with zero attached hydrogens (tertiary/aromatic N) is 3. The molecule has 0 fully saturated rings. The number of halogens is 1. The maximum Gasteiger partial charge on any atom is 1.00 e. The van der Waals surface area contributed by atoms with Crippen molar-refractivity contribution in [2.75, 3.05) is 17.6 Å². The minimum Gasteiger partial charge on any atom is -1.00 e. The number of aliphatic carboxylic acids is 1. The van der Waals surface area contributed by atoms with Crippen LogP contribution in [0.5, 0.6) is 0 Å². The first kappa shape index (κ1) is 30.1. The molecule has 0 amide bonds. The van der Waals surface area contributed by atoms with Gasteiger partial charge in [0.1, 0.15) is 5.82 Å². The average molecular weight is 506 g/mol. The van der Waals surface area contributed by atoms with Crippen LogP contribution >= 0.6 is 0 Å². The average Bonchev–Trinajstić information content (AvgIpc) is 2.74. The van der Waals surface area contributed by atoms with E-state index in [1.54, 1.807) is 12.2 Å². The number of benzene rings is 1. The van der Waals surface area contributed by atoms with Gasteiger partial charge in [-0.2, -0.15) is 0 Å². The molecule has 0 saturated heterocycles. The maximum absolute atomic E-state index is 13.5. The molecule has 34 heavy (non-hydrogen) atoms. The Labute approximate surface area is 222 Å². The van der Waals surface area contributed by atoms with Crippen molar-refractivity contribution in [2.45, 2.75) is 44.8 Å². The molecule has 1 heterocycles.